The molecule has 25 heavy (non-hydrogen) atoms. The van der Waals surface area contributed by atoms with Gasteiger partial charge in [0.15, 0.2) is 5.78 Å². The second-order valence-corrected chi connectivity index (χ2v) is 5.26. The van der Waals surface area contributed by atoms with E-state index < -0.39 is 5.91 Å². The normalized spacial score (nSPS) is 9.48. The van der Waals surface area contributed by atoms with E-state index in [0.29, 0.717) is 35.1 Å². The molecule has 0 atom stereocenters. The first-order chi connectivity index (χ1) is 11.1. The van der Waals surface area contributed by atoms with Gasteiger partial charge in [0.2, 0.25) is 5.91 Å². The van der Waals surface area contributed by atoms with E-state index in [1.165, 1.54) is 0 Å². The lowest BCUT2D eigenvalue weighted by Gasteiger charge is -2.11. The van der Waals surface area contributed by atoms with Crippen molar-refractivity contribution in [1.82, 2.24) is 5.32 Å². The van der Waals surface area contributed by atoms with Gasteiger partial charge in [-0.3, -0.25) is 9.59 Å². The Morgan fingerprint density at radius 2 is 1.76 bits per heavy atom. The van der Waals surface area contributed by atoms with E-state index >= 15 is 0 Å². The smallest absolute Gasteiger partial charge is 0.231 e. The highest BCUT2D eigenvalue weighted by Crippen LogP contribution is 2.25. The van der Waals surface area contributed by atoms with Crippen LogP contribution in [0.25, 0.3) is 0 Å². The topological polar surface area (TPSA) is 81.4 Å². The Morgan fingerprint density at radius 1 is 1.08 bits per heavy atom. The van der Waals surface area contributed by atoms with Crippen molar-refractivity contribution in [2.45, 2.75) is 0 Å². The summed E-state index contributed by atoms with van der Waals surface area (Å²) in [5, 5.41) is 3.30. The number of carbonyl (C=O) groups is 2. The van der Waals surface area contributed by atoms with Gasteiger partial charge in [0.25, 0.3) is 0 Å². The van der Waals surface area contributed by atoms with Crippen molar-refractivity contribution in [3.8, 4) is 5.75 Å². The minimum Gasteiger partial charge on any atom is -0.491 e. The van der Waals surface area contributed by atoms with Crippen molar-refractivity contribution >= 4 is 48.1 Å². The summed E-state index contributed by atoms with van der Waals surface area (Å²) >= 11 is 6.00. The van der Waals surface area contributed by atoms with Gasteiger partial charge in [-0.1, -0.05) is 41.9 Å². The molecule has 0 radical (unpaired) electrons. The minimum atomic E-state index is -0.434. The zero-order valence-corrected chi connectivity index (χ0v) is 15.6. The third kappa shape index (κ3) is 7.32. The maximum Gasteiger partial charge on any atom is 0.231 e. The van der Waals surface area contributed by atoms with Gasteiger partial charge in [0, 0.05) is 17.1 Å². The Balaban J connectivity index is 0.00000288. The molecule has 2 aromatic carbocycles. The molecule has 0 unspecified atom stereocenters. The standard InChI is InChI=1S/C17H17ClN2O3.2ClH/c18-13-6-7-15(23-9-8-20-11-16(19)21)14(10-13)17(22)12-4-2-1-3-5-12;;/h1-7,10,20H,8-9,11H2,(H2,19,21);2*1H. The second kappa shape index (κ2) is 11.7. The van der Waals surface area contributed by atoms with Crippen LogP contribution in [0.15, 0.2) is 48.5 Å². The predicted octanol–water partition coefficient (Wildman–Crippen LogP) is 2.87. The fourth-order valence-electron chi connectivity index (χ4n) is 2.00. The van der Waals surface area contributed by atoms with Crippen LogP contribution in [-0.4, -0.2) is 31.4 Å². The lowest BCUT2D eigenvalue weighted by molar-refractivity contribution is -0.117. The maximum atomic E-state index is 12.6. The summed E-state index contributed by atoms with van der Waals surface area (Å²) in [6.45, 7) is 0.814. The number of ether oxygens (including phenoxy) is 1. The van der Waals surface area contributed by atoms with Crippen molar-refractivity contribution in [3.63, 3.8) is 0 Å². The number of nitrogens with two attached hydrogens (primary N) is 1. The lowest BCUT2D eigenvalue weighted by atomic mass is 10.0. The van der Waals surface area contributed by atoms with Crippen LogP contribution in [0.4, 0.5) is 0 Å². The Bertz CT molecular complexity index is 697. The summed E-state index contributed by atoms with van der Waals surface area (Å²) in [6.07, 6.45) is 0. The van der Waals surface area contributed by atoms with Crippen LogP contribution >= 0.6 is 36.4 Å². The third-order valence-electron chi connectivity index (χ3n) is 3.06. The average molecular weight is 406 g/mol. The Morgan fingerprint density at radius 3 is 2.40 bits per heavy atom. The van der Waals surface area contributed by atoms with Gasteiger partial charge in [-0.25, -0.2) is 0 Å². The van der Waals surface area contributed by atoms with Gasteiger partial charge in [0.05, 0.1) is 12.1 Å². The van der Waals surface area contributed by atoms with Crippen LogP contribution in [0.3, 0.4) is 0 Å². The summed E-state index contributed by atoms with van der Waals surface area (Å²) < 4.78 is 5.62. The number of rotatable bonds is 8. The van der Waals surface area contributed by atoms with Crippen LogP contribution < -0.4 is 15.8 Å². The molecule has 0 aromatic heterocycles. The average Bonchev–Trinajstić information content (AvgIpc) is 2.55. The molecular weight excluding hydrogens is 387 g/mol. The number of halogens is 3. The van der Waals surface area contributed by atoms with Crippen molar-refractivity contribution in [2.24, 2.45) is 5.73 Å². The summed E-state index contributed by atoms with van der Waals surface area (Å²) in [5.41, 5.74) is 5.99. The van der Waals surface area contributed by atoms with Crippen LogP contribution in [-0.2, 0) is 4.79 Å². The highest BCUT2D eigenvalue weighted by molar-refractivity contribution is 6.31. The number of amides is 1. The Labute approximate surface area is 163 Å². The molecule has 0 spiro atoms. The lowest BCUT2D eigenvalue weighted by Crippen LogP contribution is -2.31. The summed E-state index contributed by atoms with van der Waals surface area (Å²) in [6, 6.07) is 13.8. The predicted molar refractivity (Wildman–Crippen MR) is 103 cm³/mol. The zero-order valence-electron chi connectivity index (χ0n) is 13.2. The van der Waals surface area contributed by atoms with E-state index in [4.69, 9.17) is 22.1 Å². The van der Waals surface area contributed by atoms with Gasteiger partial charge < -0.3 is 15.8 Å². The number of nitrogens with one attached hydrogen (secondary N) is 1. The molecular formula is C17H19Cl3N2O3. The molecule has 0 saturated heterocycles. The van der Waals surface area contributed by atoms with Gasteiger partial charge in [0.1, 0.15) is 12.4 Å². The summed E-state index contributed by atoms with van der Waals surface area (Å²) in [4.78, 5) is 23.2. The Kier molecular flexibility index (Phi) is 10.9. The molecule has 0 heterocycles. The molecule has 0 fully saturated rings. The maximum absolute atomic E-state index is 12.6. The van der Waals surface area contributed by atoms with Gasteiger partial charge in [-0.05, 0) is 18.2 Å². The molecule has 0 aliphatic heterocycles. The number of carbonyl (C=O) groups excluding carboxylic acids is 2. The molecule has 2 rings (SSSR count). The van der Waals surface area contributed by atoms with E-state index in [2.05, 4.69) is 5.32 Å². The van der Waals surface area contributed by atoms with Crippen LogP contribution in [0.2, 0.25) is 5.02 Å². The van der Waals surface area contributed by atoms with E-state index in [0.717, 1.165) is 0 Å². The molecule has 5 nitrogen and oxygen atoms in total. The second-order valence-electron chi connectivity index (χ2n) is 4.83. The minimum absolute atomic E-state index is 0. The first-order valence-corrected chi connectivity index (χ1v) is 7.47. The van der Waals surface area contributed by atoms with E-state index in [9.17, 15) is 9.59 Å². The van der Waals surface area contributed by atoms with Crippen molar-refractivity contribution in [3.05, 3.63) is 64.7 Å². The number of hydrogen-bond acceptors (Lipinski definition) is 4. The van der Waals surface area contributed by atoms with Gasteiger partial charge >= 0.3 is 0 Å². The van der Waals surface area contributed by atoms with Crippen LogP contribution in [0, 0.1) is 0 Å². The fraction of sp³-hybridized carbons (Fsp3) is 0.176. The van der Waals surface area contributed by atoms with Crippen molar-refractivity contribution < 1.29 is 14.3 Å². The molecule has 0 saturated carbocycles. The van der Waals surface area contributed by atoms with Gasteiger partial charge in [-0.15, -0.1) is 24.8 Å². The molecule has 8 heteroatoms. The van der Waals surface area contributed by atoms with Crippen molar-refractivity contribution in [1.29, 1.82) is 0 Å². The highest BCUT2D eigenvalue weighted by atomic mass is 35.5. The SMILES string of the molecule is Cl.Cl.NC(=O)CNCCOc1ccc(Cl)cc1C(=O)c1ccccc1. The first kappa shape index (κ1) is 23.2. The largest absolute Gasteiger partial charge is 0.491 e. The van der Waals surface area contributed by atoms with Crippen LogP contribution in [0.5, 0.6) is 5.75 Å². The Hall–Kier alpha value is -1.79. The number of primary amides is 1. The molecule has 136 valence electrons. The number of benzene rings is 2. The molecule has 0 bridgehead atoms. The van der Waals surface area contributed by atoms with E-state index in [1.54, 1.807) is 42.5 Å². The monoisotopic (exact) mass is 404 g/mol. The first-order valence-electron chi connectivity index (χ1n) is 7.09. The summed E-state index contributed by atoms with van der Waals surface area (Å²) in [5.74, 6) is -0.145. The quantitative estimate of drug-likeness (QED) is 0.523. The molecule has 3 N–H and O–H groups in total. The molecule has 1 amide bonds. The summed E-state index contributed by atoms with van der Waals surface area (Å²) in [7, 11) is 0. The highest BCUT2D eigenvalue weighted by Gasteiger charge is 2.15. The van der Waals surface area contributed by atoms with Gasteiger partial charge in [-0.2, -0.15) is 0 Å². The molecule has 2 aromatic rings. The number of hydrogen-bond donors (Lipinski definition) is 2. The molecule has 0 aliphatic carbocycles. The zero-order chi connectivity index (χ0) is 16.7. The third-order valence-corrected chi connectivity index (χ3v) is 3.29. The molecule has 0 aliphatic rings. The fourth-order valence-corrected chi connectivity index (χ4v) is 2.17. The van der Waals surface area contributed by atoms with E-state index in [-0.39, 0.29) is 37.1 Å². The van der Waals surface area contributed by atoms with Crippen molar-refractivity contribution in [2.75, 3.05) is 19.7 Å². The van der Waals surface area contributed by atoms with E-state index in [1.807, 2.05) is 6.07 Å². The van der Waals surface area contributed by atoms with Crippen LogP contribution in [0.1, 0.15) is 15.9 Å². The number of ketones is 1.